The molecule has 0 bridgehead atoms. The van der Waals surface area contributed by atoms with Gasteiger partial charge in [0.05, 0.1) is 10.2 Å². The number of thiazole rings is 1. The third-order valence-corrected chi connectivity index (χ3v) is 11.0. The van der Waals surface area contributed by atoms with Crippen LogP contribution in [0.2, 0.25) is 0 Å². The van der Waals surface area contributed by atoms with Crippen molar-refractivity contribution >= 4 is 75.8 Å². The van der Waals surface area contributed by atoms with E-state index in [9.17, 15) is 0 Å². The molecule has 5 nitrogen and oxygen atoms in total. The summed E-state index contributed by atoms with van der Waals surface area (Å²) in [6.45, 7) is 0. The molecule has 0 fully saturated rings. The minimum Gasteiger partial charge on any atom is -0.456 e. The molecule has 0 amide bonds. The van der Waals surface area contributed by atoms with Crippen LogP contribution in [0.15, 0.2) is 162 Å². The molecule has 0 radical (unpaired) electrons. The number of hydrogen-bond donors (Lipinski definition) is 0. The van der Waals surface area contributed by atoms with Crippen molar-refractivity contribution in [1.82, 2.24) is 19.9 Å². The topological polar surface area (TPSA) is 64.7 Å². The van der Waals surface area contributed by atoms with Crippen LogP contribution in [0.4, 0.5) is 0 Å². The second-order valence-corrected chi connectivity index (χ2v) is 14.1. The van der Waals surface area contributed by atoms with Crippen molar-refractivity contribution in [2.75, 3.05) is 0 Å². The molecule has 11 rings (SSSR count). The van der Waals surface area contributed by atoms with Gasteiger partial charge in [-0.3, -0.25) is 0 Å². The van der Waals surface area contributed by atoms with Gasteiger partial charge in [0.15, 0.2) is 17.5 Å². The highest BCUT2D eigenvalue weighted by molar-refractivity contribution is 7.21. The summed E-state index contributed by atoms with van der Waals surface area (Å²) >= 11 is 1.70. The third-order valence-electron chi connectivity index (χ3n) is 9.91. The Morgan fingerprint density at radius 2 is 1.06 bits per heavy atom. The van der Waals surface area contributed by atoms with E-state index in [0.29, 0.717) is 17.5 Å². The molecule has 52 heavy (non-hydrogen) atoms. The quantitative estimate of drug-likeness (QED) is 0.173. The molecule has 0 unspecified atom stereocenters. The van der Waals surface area contributed by atoms with Crippen LogP contribution in [-0.4, -0.2) is 19.9 Å². The number of aromatic nitrogens is 4. The molecule has 6 heteroatoms. The molecule has 242 valence electrons. The summed E-state index contributed by atoms with van der Waals surface area (Å²) in [4.78, 5) is 20.4. The summed E-state index contributed by atoms with van der Waals surface area (Å²) < 4.78 is 7.52. The zero-order chi connectivity index (χ0) is 34.2. The van der Waals surface area contributed by atoms with Crippen molar-refractivity contribution in [1.29, 1.82) is 0 Å². The fourth-order valence-electron chi connectivity index (χ4n) is 7.36. The van der Waals surface area contributed by atoms with Crippen LogP contribution >= 0.6 is 11.3 Å². The Labute approximate surface area is 301 Å². The van der Waals surface area contributed by atoms with E-state index >= 15 is 0 Å². The van der Waals surface area contributed by atoms with E-state index in [2.05, 4.69) is 115 Å². The van der Waals surface area contributed by atoms with Crippen LogP contribution in [0, 0.1) is 0 Å². The highest BCUT2D eigenvalue weighted by Crippen LogP contribution is 2.39. The van der Waals surface area contributed by atoms with Gasteiger partial charge in [-0.2, -0.15) is 0 Å². The normalized spacial score (nSPS) is 11.8. The Balaban J connectivity index is 1.08. The van der Waals surface area contributed by atoms with Gasteiger partial charge in [0.1, 0.15) is 16.2 Å². The Hall–Kier alpha value is -6.76. The third kappa shape index (κ3) is 4.69. The second kappa shape index (κ2) is 11.4. The summed E-state index contributed by atoms with van der Waals surface area (Å²) in [5.41, 5.74) is 6.45. The Morgan fingerprint density at radius 1 is 0.385 bits per heavy atom. The lowest BCUT2D eigenvalue weighted by atomic mass is 9.97. The van der Waals surface area contributed by atoms with E-state index in [4.69, 9.17) is 24.4 Å². The molecule has 0 spiro atoms. The predicted molar refractivity (Wildman–Crippen MR) is 215 cm³/mol. The average Bonchev–Trinajstić information content (AvgIpc) is 3.79. The maximum absolute atomic E-state index is 6.41. The molecule has 11 aromatic rings. The first kappa shape index (κ1) is 29.0. The lowest BCUT2D eigenvalue weighted by Gasteiger charge is -2.12. The maximum Gasteiger partial charge on any atom is 0.164 e. The minimum atomic E-state index is 0.606. The fraction of sp³-hybridized carbons (Fsp3) is 0. The first-order valence-corrected chi connectivity index (χ1v) is 18.0. The average molecular weight is 683 g/mol. The standard InChI is InChI=1S/C46H26N4OS/c1-2-11-28(12-3-1)43-48-44(50-45(49-43)38-23-30-14-6-7-15-33(30)34-16-8-9-17-35(34)38)31-20-21-40-36(24-31)37-25-42-39(26-41(37)51-40)47-46(52-42)32-19-18-27-10-4-5-13-29(27)22-32/h1-26H. The fourth-order valence-corrected chi connectivity index (χ4v) is 8.35. The van der Waals surface area contributed by atoms with Crippen LogP contribution in [0.25, 0.3) is 109 Å². The summed E-state index contributed by atoms with van der Waals surface area (Å²) in [6, 6.07) is 54.7. The van der Waals surface area contributed by atoms with Crippen molar-refractivity contribution in [3.63, 3.8) is 0 Å². The van der Waals surface area contributed by atoms with Crippen molar-refractivity contribution in [3.8, 4) is 44.7 Å². The zero-order valence-electron chi connectivity index (χ0n) is 27.6. The number of benzene rings is 8. The minimum absolute atomic E-state index is 0.606. The van der Waals surface area contributed by atoms with Gasteiger partial charge in [-0.05, 0) is 68.7 Å². The van der Waals surface area contributed by atoms with Crippen LogP contribution in [0.3, 0.4) is 0 Å². The molecular weight excluding hydrogens is 657 g/mol. The van der Waals surface area contributed by atoms with Gasteiger partial charge in [-0.25, -0.2) is 19.9 Å². The maximum atomic E-state index is 6.41. The summed E-state index contributed by atoms with van der Waals surface area (Å²) in [5.74, 6) is 1.87. The van der Waals surface area contributed by atoms with Gasteiger partial charge in [-0.1, -0.05) is 115 Å². The number of furan rings is 1. The van der Waals surface area contributed by atoms with E-state index in [1.54, 1.807) is 11.3 Å². The molecule has 0 aliphatic heterocycles. The highest BCUT2D eigenvalue weighted by atomic mass is 32.1. The lowest BCUT2D eigenvalue weighted by molar-refractivity contribution is 0.669. The first-order chi connectivity index (χ1) is 25.7. The monoisotopic (exact) mass is 682 g/mol. The largest absolute Gasteiger partial charge is 0.456 e. The van der Waals surface area contributed by atoms with Gasteiger partial charge in [0.25, 0.3) is 0 Å². The zero-order valence-corrected chi connectivity index (χ0v) is 28.4. The SMILES string of the molecule is c1ccc(-c2nc(-c3ccc4oc5cc6nc(-c7ccc8ccccc8c7)sc6cc5c4c3)nc(-c3cc4ccccc4c4ccccc34)n2)cc1. The predicted octanol–water partition coefficient (Wildman–Crippen LogP) is 12.5. The van der Waals surface area contributed by atoms with Crippen LogP contribution in [-0.2, 0) is 0 Å². The van der Waals surface area contributed by atoms with Crippen molar-refractivity contribution in [2.24, 2.45) is 0 Å². The summed E-state index contributed by atoms with van der Waals surface area (Å²) in [6.07, 6.45) is 0. The molecule has 0 aliphatic carbocycles. The van der Waals surface area contributed by atoms with Gasteiger partial charge in [0, 0.05) is 39.1 Å². The van der Waals surface area contributed by atoms with Gasteiger partial charge in [0.2, 0.25) is 0 Å². The van der Waals surface area contributed by atoms with Crippen molar-refractivity contribution < 1.29 is 4.42 Å². The van der Waals surface area contributed by atoms with Gasteiger partial charge >= 0.3 is 0 Å². The van der Waals surface area contributed by atoms with E-state index in [-0.39, 0.29) is 0 Å². The summed E-state index contributed by atoms with van der Waals surface area (Å²) in [5, 5.41) is 10.1. The molecule has 3 aromatic heterocycles. The smallest absolute Gasteiger partial charge is 0.164 e. The molecule has 0 saturated carbocycles. The molecule has 3 heterocycles. The van der Waals surface area contributed by atoms with Crippen LogP contribution in [0.5, 0.6) is 0 Å². The van der Waals surface area contributed by atoms with E-state index < -0.39 is 0 Å². The van der Waals surface area contributed by atoms with E-state index in [0.717, 1.165) is 70.2 Å². The lowest BCUT2D eigenvalue weighted by Crippen LogP contribution is -2.00. The summed E-state index contributed by atoms with van der Waals surface area (Å²) in [7, 11) is 0. The number of hydrogen-bond acceptors (Lipinski definition) is 6. The van der Waals surface area contributed by atoms with E-state index in [1.807, 2.05) is 42.5 Å². The van der Waals surface area contributed by atoms with Crippen molar-refractivity contribution in [3.05, 3.63) is 158 Å². The Bertz CT molecular complexity index is 3200. The molecule has 8 aromatic carbocycles. The molecule has 0 aliphatic rings. The van der Waals surface area contributed by atoms with Crippen LogP contribution < -0.4 is 0 Å². The van der Waals surface area contributed by atoms with Crippen molar-refractivity contribution in [2.45, 2.75) is 0 Å². The van der Waals surface area contributed by atoms with E-state index in [1.165, 1.54) is 21.5 Å². The molecule has 0 atom stereocenters. The highest BCUT2D eigenvalue weighted by Gasteiger charge is 2.18. The molecular formula is C46H26N4OS. The molecule has 0 saturated heterocycles. The Morgan fingerprint density at radius 3 is 1.92 bits per heavy atom. The number of fused-ring (bicyclic) bond motifs is 8. The Kier molecular flexibility index (Phi) is 6.35. The number of rotatable bonds is 4. The second-order valence-electron chi connectivity index (χ2n) is 13.1. The van der Waals surface area contributed by atoms with Gasteiger partial charge < -0.3 is 4.42 Å². The van der Waals surface area contributed by atoms with Crippen LogP contribution in [0.1, 0.15) is 0 Å². The number of nitrogens with zero attached hydrogens (tertiary/aromatic N) is 4. The molecule has 0 N–H and O–H groups in total. The van der Waals surface area contributed by atoms with Gasteiger partial charge in [-0.15, -0.1) is 11.3 Å². The first-order valence-electron chi connectivity index (χ1n) is 17.2.